The minimum Gasteiger partial charge on any atom is -0.339 e. The van der Waals surface area contributed by atoms with Gasteiger partial charge in [-0.05, 0) is 37.2 Å². The lowest BCUT2D eigenvalue weighted by atomic mass is 9.88. The number of nitrogens with zero attached hydrogens (tertiary/aromatic N) is 2. The van der Waals surface area contributed by atoms with Crippen molar-refractivity contribution in [3.8, 4) is 0 Å². The summed E-state index contributed by atoms with van der Waals surface area (Å²) in [6, 6.07) is 3.78. The number of amides is 2. The average Bonchev–Trinajstić information content (AvgIpc) is 2.52. The average molecular weight is 354 g/mol. The summed E-state index contributed by atoms with van der Waals surface area (Å²) >= 11 is 5.96. The molecule has 0 aromatic heterocycles. The normalized spacial score (nSPS) is 19.8. The number of carbonyl (C=O) groups excluding carboxylic acids is 2. The van der Waals surface area contributed by atoms with Gasteiger partial charge in [-0.1, -0.05) is 18.5 Å². The predicted molar refractivity (Wildman–Crippen MR) is 89.4 cm³/mol. The van der Waals surface area contributed by atoms with Crippen molar-refractivity contribution in [1.82, 2.24) is 15.1 Å². The molecular formula is C17H21ClFN3O2. The van der Waals surface area contributed by atoms with Gasteiger partial charge < -0.3 is 15.1 Å². The molecule has 1 aromatic rings. The fourth-order valence-electron chi connectivity index (χ4n) is 3.12. The summed E-state index contributed by atoms with van der Waals surface area (Å²) in [4.78, 5) is 28.5. The van der Waals surface area contributed by atoms with Gasteiger partial charge in [0.15, 0.2) is 0 Å². The zero-order chi connectivity index (χ0) is 17.3. The van der Waals surface area contributed by atoms with E-state index in [1.165, 1.54) is 12.1 Å². The van der Waals surface area contributed by atoms with E-state index in [0.717, 1.165) is 19.2 Å². The van der Waals surface area contributed by atoms with E-state index in [0.29, 0.717) is 37.7 Å². The second kappa shape index (κ2) is 7.07. The summed E-state index contributed by atoms with van der Waals surface area (Å²) in [6.45, 7) is 5.75. The summed E-state index contributed by atoms with van der Waals surface area (Å²) in [7, 11) is 0. The van der Waals surface area contributed by atoms with Crippen molar-refractivity contribution in [3.63, 3.8) is 0 Å². The fraction of sp³-hybridized carbons (Fsp3) is 0.529. The quantitative estimate of drug-likeness (QED) is 0.898. The van der Waals surface area contributed by atoms with E-state index < -0.39 is 5.82 Å². The molecule has 2 amide bonds. The van der Waals surface area contributed by atoms with Gasteiger partial charge in [-0.3, -0.25) is 9.59 Å². The van der Waals surface area contributed by atoms with Crippen molar-refractivity contribution in [2.75, 3.05) is 39.3 Å². The third-order valence-corrected chi connectivity index (χ3v) is 5.26. The van der Waals surface area contributed by atoms with Crippen LogP contribution in [0.15, 0.2) is 18.2 Å². The largest absolute Gasteiger partial charge is 0.339 e. The number of benzene rings is 1. The molecule has 3 rings (SSSR count). The molecule has 0 radical (unpaired) electrons. The molecule has 2 aliphatic rings. The van der Waals surface area contributed by atoms with Crippen molar-refractivity contribution in [2.24, 2.45) is 11.8 Å². The molecule has 0 spiro atoms. The van der Waals surface area contributed by atoms with Crippen LogP contribution < -0.4 is 5.32 Å². The summed E-state index contributed by atoms with van der Waals surface area (Å²) in [5.74, 6) is -0.0987. The van der Waals surface area contributed by atoms with Crippen molar-refractivity contribution in [2.45, 2.75) is 6.92 Å². The molecule has 0 bridgehead atoms. The van der Waals surface area contributed by atoms with Crippen LogP contribution in [0.2, 0.25) is 5.02 Å². The number of hydrogen-bond acceptors (Lipinski definition) is 3. The van der Waals surface area contributed by atoms with Gasteiger partial charge in [-0.25, -0.2) is 4.39 Å². The van der Waals surface area contributed by atoms with Crippen molar-refractivity contribution >= 4 is 23.4 Å². The van der Waals surface area contributed by atoms with Crippen molar-refractivity contribution < 1.29 is 14.0 Å². The first-order chi connectivity index (χ1) is 11.5. The Hall–Kier alpha value is -1.66. The maximum atomic E-state index is 13.1. The van der Waals surface area contributed by atoms with Gasteiger partial charge in [-0.15, -0.1) is 0 Å². The van der Waals surface area contributed by atoms with Crippen LogP contribution in [0, 0.1) is 17.7 Å². The van der Waals surface area contributed by atoms with Crippen LogP contribution in [0.3, 0.4) is 0 Å². The fourth-order valence-corrected chi connectivity index (χ4v) is 3.37. The summed E-state index contributed by atoms with van der Waals surface area (Å²) in [6.07, 6.45) is 0. The standard InChI is InChI=1S/C17H21ClFN3O2/c1-11(12-9-20-10-12)16(23)21-4-6-22(7-5-21)17(24)14-3-2-13(19)8-15(14)18/h2-3,8,11-12,20H,4-7,9-10H2,1H3. The Morgan fingerprint density at radius 3 is 2.38 bits per heavy atom. The van der Waals surface area contributed by atoms with Gasteiger partial charge in [0.05, 0.1) is 10.6 Å². The topological polar surface area (TPSA) is 52.7 Å². The zero-order valence-corrected chi connectivity index (χ0v) is 14.4. The molecular weight excluding hydrogens is 333 g/mol. The highest BCUT2D eigenvalue weighted by Crippen LogP contribution is 2.22. The second-order valence-electron chi connectivity index (χ2n) is 6.45. The molecule has 1 N–H and O–H groups in total. The molecule has 130 valence electrons. The number of rotatable bonds is 3. The van der Waals surface area contributed by atoms with Gasteiger partial charge in [0.1, 0.15) is 5.82 Å². The molecule has 1 aromatic carbocycles. The Morgan fingerprint density at radius 2 is 1.83 bits per heavy atom. The van der Waals surface area contributed by atoms with Crippen LogP contribution in [-0.2, 0) is 4.79 Å². The molecule has 1 unspecified atom stereocenters. The van der Waals surface area contributed by atoms with E-state index in [2.05, 4.69) is 5.32 Å². The van der Waals surface area contributed by atoms with Gasteiger partial charge >= 0.3 is 0 Å². The highest BCUT2D eigenvalue weighted by molar-refractivity contribution is 6.33. The first-order valence-electron chi connectivity index (χ1n) is 8.21. The van der Waals surface area contributed by atoms with Crippen LogP contribution in [-0.4, -0.2) is 60.9 Å². The number of halogens is 2. The number of piperazine rings is 1. The molecule has 0 saturated carbocycles. The van der Waals surface area contributed by atoms with E-state index in [-0.39, 0.29) is 22.8 Å². The van der Waals surface area contributed by atoms with E-state index in [1.807, 2.05) is 11.8 Å². The van der Waals surface area contributed by atoms with Gasteiger partial charge in [-0.2, -0.15) is 0 Å². The van der Waals surface area contributed by atoms with E-state index in [9.17, 15) is 14.0 Å². The predicted octanol–water partition coefficient (Wildman–Crippen LogP) is 1.62. The molecule has 1 atom stereocenters. The van der Waals surface area contributed by atoms with E-state index in [4.69, 9.17) is 11.6 Å². The van der Waals surface area contributed by atoms with Crippen LogP contribution in [0.4, 0.5) is 4.39 Å². The number of nitrogens with one attached hydrogen (secondary N) is 1. The molecule has 24 heavy (non-hydrogen) atoms. The van der Waals surface area contributed by atoms with Crippen LogP contribution in [0.25, 0.3) is 0 Å². The zero-order valence-electron chi connectivity index (χ0n) is 13.6. The van der Waals surface area contributed by atoms with Crippen LogP contribution >= 0.6 is 11.6 Å². The second-order valence-corrected chi connectivity index (χ2v) is 6.86. The third-order valence-electron chi connectivity index (χ3n) is 4.95. The molecule has 7 heteroatoms. The number of hydrogen-bond donors (Lipinski definition) is 1. The van der Waals surface area contributed by atoms with Crippen molar-refractivity contribution in [3.05, 3.63) is 34.6 Å². The Bertz CT molecular complexity index is 643. The van der Waals surface area contributed by atoms with Gasteiger partial charge in [0.2, 0.25) is 5.91 Å². The monoisotopic (exact) mass is 353 g/mol. The third kappa shape index (κ3) is 3.39. The Balaban J connectivity index is 1.58. The minimum absolute atomic E-state index is 0.0139. The Labute approximate surface area is 145 Å². The van der Waals surface area contributed by atoms with Crippen molar-refractivity contribution in [1.29, 1.82) is 0 Å². The number of carbonyl (C=O) groups is 2. The lowest BCUT2D eigenvalue weighted by Crippen LogP contribution is -2.55. The first-order valence-corrected chi connectivity index (χ1v) is 8.59. The maximum absolute atomic E-state index is 13.1. The van der Waals surface area contributed by atoms with Crippen LogP contribution in [0.1, 0.15) is 17.3 Å². The lowest BCUT2D eigenvalue weighted by molar-refractivity contribution is -0.138. The summed E-state index contributed by atoms with van der Waals surface area (Å²) in [5, 5.41) is 3.30. The summed E-state index contributed by atoms with van der Waals surface area (Å²) in [5.41, 5.74) is 0.298. The van der Waals surface area contributed by atoms with Gasteiger partial charge in [0, 0.05) is 32.1 Å². The van der Waals surface area contributed by atoms with E-state index >= 15 is 0 Å². The van der Waals surface area contributed by atoms with Gasteiger partial charge in [0.25, 0.3) is 5.91 Å². The highest BCUT2D eigenvalue weighted by Gasteiger charge is 2.33. The molecule has 2 saturated heterocycles. The van der Waals surface area contributed by atoms with Crippen LogP contribution in [0.5, 0.6) is 0 Å². The lowest BCUT2D eigenvalue weighted by Gasteiger charge is -2.39. The minimum atomic E-state index is -0.466. The first kappa shape index (κ1) is 17.2. The smallest absolute Gasteiger partial charge is 0.255 e. The van der Waals surface area contributed by atoms with E-state index in [1.54, 1.807) is 4.90 Å². The Morgan fingerprint density at radius 1 is 1.21 bits per heavy atom. The maximum Gasteiger partial charge on any atom is 0.255 e. The molecule has 5 nitrogen and oxygen atoms in total. The Kier molecular flexibility index (Phi) is 5.06. The molecule has 2 fully saturated rings. The molecule has 2 aliphatic heterocycles. The SMILES string of the molecule is CC(C(=O)N1CCN(C(=O)c2ccc(F)cc2Cl)CC1)C1CNC1. The molecule has 2 heterocycles. The molecule has 0 aliphatic carbocycles. The highest BCUT2D eigenvalue weighted by atomic mass is 35.5. The summed E-state index contributed by atoms with van der Waals surface area (Å²) < 4.78 is 13.1.